The lowest BCUT2D eigenvalue weighted by molar-refractivity contribution is 0.590. The maximum atomic E-state index is 16.5. The zero-order chi connectivity index (χ0) is 44.4. The van der Waals surface area contributed by atoms with E-state index in [4.69, 9.17) is 0 Å². The van der Waals surface area contributed by atoms with Crippen molar-refractivity contribution in [3.63, 3.8) is 0 Å². The molecule has 0 bridgehead atoms. The molecule has 0 heterocycles. The summed E-state index contributed by atoms with van der Waals surface area (Å²) < 4.78 is 49.1. The van der Waals surface area contributed by atoms with Gasteiger partial charge in [-0.15, -0.1) is 0 Å². The molecule has 0 aromatic heterocycles. The molecule has 11 rings (SSSR count). The van der Waals surface area contributed by atoms with Crippen LogP contribution in [0.25, 0.3) is 110 Å². The van der Waals surface area contributed by atoms with Gasteiger partial charge >= 0.3 is 0 Å². The molecule has 0 aliphatic heterocycles. The molecule has 2 aliphatic rings. The summed E-state index contributed by atoms with van der Waals surface area (Å²) in [4.78, 5) is 0. The molecule has 312 valence electrons. The predicted octanol–water partition coefficient (Wildman–Crippen LogP) is 18.8. The van der Waals surface area contributed by atoms with Crippen LogP contribution in [-0.4, -0.2) is 0 Å². The second-order valence-electron chi connectivity index (χ2n) is 20.8. The molecule has 5 heteroatoms. The molecule has 2 aliphatic carbocycles. The number of halogens is 5. The molecule has 0 fully saturated rings. The summed E-state index contributed by atoms with van der Waals surface area (Å²) in [6.07, 6.45) is 0. The minimum absolute atomic E-state index is 0.0237. The summed E-state index contributed by atoms with van der Waals surface area (Å²) in [6, 6.07) is 36.7. The summed E-state index contributed by atoms with van der Waals surface area (Å²) in [5.74, 6) is -1.48. The minimum atomic E-state index is -0.623. The van der Waals surface area contributed by atoms with E-state index in [1.54, 1.807) is 6.07 Å². The molecule has 0 saturated heterocycles. The van der Waals surface area contributed by atoms with Crippen LogP contribution in [0.5, 0.6) is 0 Å². The fraction of sp³-hybridized carbons (Fsp3) is 0.207. The first kappa shape index (κ1) is 40.5. The Morgan fingerprint density at radius 2 is 1.05 bits per heavy atom. The van der Waals surface area contributed by atoms with E-state index in [-0.39, 0.29) is 22.1 Å². The van der Waals surface area contributed by atoms with Crippen molar-refractivity contribution in [2.24, 2.45) is 0 Å². The largest absolute Gasteiger partial charge is 0.207 e. The van der Waals surface area contributed by atoms with Gasteiger partial charge < -0.3 is 0 Å². The highest BCUT2D eigenvalue weighted by Gasteiger charge is 2.37. The Labute approximate surface area is 383 Å². The molecule has 0 saturated carbocycles. The Bertz CT molecular complexity index is 3540. The summed E-state index contributed by atoms with van der Waals surface area (Å²) in [5.41, 5.74) is 15.7. The van der Waals surface area contributed by atoms with Crippen LogP contribution in [0.3, 0.4) is 0 Å². The third kappa shape index (κ3) is 5.98. The van der Waals surface area contributed by atoms with Crippen molar-refractivity contribution in [1.82, 2.24) is 0 Å². The quantitative estimate of drug-likeness (QED) is 0.152. The third-order valence-corrected chi connectivity index (χ3v) is 14.9. The Balaban J connectivity index is 1.31. The van der Waals surface area contributed by atoms with E-state index < -0.39 is 11.6 Å². The zero-order valence-electron chi connectivity index (χ0n) is 36.8. The molecule has 0 spiro atoms. The van der Waals surface area contributed by atoms with E-state index >= 15 is 13.2 Å². The van der Waals surface area contributed by atoms with Gasteiger partial charge in [0, 0.05) is 36.7 Å². The molecule has 0 atom stereocenters. The topological polar surface area (TPSA) is 0 Å². The van der Waals surface area contributed by atoms with Crippen molar-refractivity contribution in [3.8, 4) is 66.8 Å². The van der Waals surface area contributed by atoms with Gasteiger partial charge in [0.25, 0.3) is 0 Å². The standard InChI is InChI=1S/C58H45Br2F3/c1-56(2,3)31-15-13-28(14-16-31)36-24-40-38-26-44-42(49(29-11-10-12-32(17-29)57(4,5)6)53-45(55(44)60)21-34(61)22-48(53)63)25-37(38)43-27-46(58(7,8)9)52-39-19-30-18-33(59)20-47(62)35(30)23-41(39)50(36)54(52)51(40)43/h10-27H,1-9H3. The third-order valence-electron chi connectivity index (χ3n) is 13.6. The van der Waals surface area contributed by atoms with Crippen LogP contribution in [-0.2, 0) is 16.2 Å². The van der Waals surface area contributed by atoms with Crippen molar-refractivity contribution in [3.05, 3.63) is 152 Å². The lowest BCUT2D eigenvalue weighted by Gasteiger charge is -2.25. The Morgan fingerprint density at radius 3 is 1.73 bits per heavy atom. The molecule has 0 amide bonds. The zero-order valence-corrected chi connectivity index (χ0v) is 40.0. The van der Waals surface area contributed by atoms with Crippen LogP contribution in [0, 0.1) is 17.5 Å². The highest BCUT2D eigenvalue weighted by molar-refractivity contribution is 9.11. The first-order chi connectivity index (χ1) is 29.7. The van der Waals surface area contributed by atoms with Crippen molar-refractivity contribution >= 4 is 74.9 Å². The van der Waals surface area contributed by atoms with Gasteiger partial charge in [0.15, 0.2) is 0 Å². The summed E-state index contributed by atoms with van der Waals surface area (Å²) >= 11 is 7.48. The highest BCUT2D eigenvalue weighted by atomic mass is 79.9. The SMILES string of the molecule is CC(C)(C)c1ccc(-c2cc3c4c(cc(C(C)(C)C)c5c4c2-c2cc4c(F)cc(Br)cc4cc2-5)-c2cc4c(-c5cccc(C(C)(C)C)c5)c5c(F)cc(F)cc5c(Br)c4cc2-3)cc1. The maximum Gasteiger partial charge on any atom is 0.134 e. The lowest BCUT2D eigenvalue weighted by atomic mass is 9.79. The van der Waals surface area contributed by atoms with E-state index in [0.717, 1.165) is 94.4 Å². The molecule has 63 heavy (non-hydrogen) atoms. The van der Waals surface area contributed by atoms with Gasteiger partial charge in [-0.3, -0.25) is 0 Å². The average molecular weight is 959 g/mol. The Hall–Kier alpha value is -5.23. The van der Waals surface area contributed by atoms with Crippen LogP contribution in [0.4, 0.5) is 13.2 Å². The molecule has 0 N–H and O–H groups in total. The van der Waals surface area contributed by atoms with Crippen molar-refractivity contribution in [1.29, 1.82) is 0 Å². The van der Waals surface area contributed by atoms with E-state index in [9.17, 15) is 0 Å². The number of hydrogen-bond acceptors (Lipinski definition) is 0. The highest BCUT2D eigenvalue weighted by Crippen LogP contribution is 2.62. The number of fused-ring (bicyclic) bond motifs is 9. The number of rotatable bonds is 2. The number of benzene rings is 9. The van der Waals surface area contributed by atoms with Crippen LogP contribution in [0.15, 0.2) is 118 Å². The average Bonchev–Trinajstić information content (AvgIpc) is 3.70. The molecule has 9 aromatic rings. The van der Waals surface area contributed by atoms with E-state index in [0.29, 0.717) is 25.1 Å². The van der Waals surface area contributed by atoms with Crippen molar-refractivity contribution < 1.29 is 13.2 Å². The Morgan fingerprint density at radius 1 is 0.397 bits per heavy atom. The van der Waals surface area contributed by atoms with Crippen LogP contribution >= 0.6 is 31.9 Å². The van der Waals surface area contributed by atoms with Gasteiger partial charge in [0.2, 0.25) is 0 Å². The van der Waals surface area contributed by atoms with Gasteiger partial charge in [-0.25, -0.2) is 13.2 Å². The van der Waals surface area contributed by atoms with Crippen molar-refractivity contribution in [2.45, 2.75) is 78.6 Å². The Kier molecular flexibility index (Phi) is 8.63. The summed E-state index contributed by atoms with van der Waals surface area (Å²) in [6.45, 7) is 20.0. The van der Waals surface area contributed by atoms with Gasteiger partial charge in [0.05, 0.1) is 0 Å². The van der Waals surface area contributed by atoms with Gasteiger partial charge in [-0.2, -0.15) is 0 Å². The normalized spacial score (nSPS) is 13.2. The molecule has 0 unspecified atom stereocenters. The maximum absolute atomic E-state index is 16.5. The van der Waals surface area contributed by atoms with E-state index in [2.05, 4.69) is 167 Å². The second kappa shape index (κ2) is 13.4. The summed E-state index contributed by atoms with van der Waals surface area (Å²) in [5, 5.41) is 6.39. The monoisotopic (exact) mass is 956 g/mol. The van der Waals surface area contributed by atoms with Crippen LogP contribution in [0.1, 0.15) is 79.0 Å². The van der Waals surface area contributed by atoms with Crippen molar-refractivity contribution in [2.75, 3.05) is 0 Å². The second-order valence-corrected chi connectivity index (χ2v) is 22.5. The molecule has 9 aromatic carbocycles. The first-order valence-corrected chi connectivity index (χ1v) is 23.2. The molecular formula is C58H45Br2F3. The van der Waals surface area contributed by atoms with Gasteiger partial charge in [-0.1, -0.05) is 127 Å². The fourth-order valence-corrected chi connectivity index (χ4v) is 11.6. The molecule has 0 nitrogen and oxygen atoms in total. The first-order valence-electron chi connectivity index (χ1n) is 21.6. The minimum Gasteiger partial charge on any atom is -0.207 e. The molecular weight excluding hydrogens is 913 g/mol. The van der Waals surface area contributed by atoms with E-state index in [1.807, 2.05) is 18.2 Å². The van der Waals surface area contributed by atoms with Crippen LogP contribution in [0.2, 0.25) is 0 Å². The van der Waals surface area contributed by atoms with Gasteiger partial charge in [0.1, 0.15) is 17.5 Å². The van der Waals surface area contributed by atoms with Crippen LogP contribution < -0.4 is 0 Å². The fourth-order valence-electron chi connectivity index (χ4n) is 10.5. The smallest absolute Gasteiger partial charge is 0.134 e. The predicted molar refractivity (Wildman–Crippen MR) is 268 cm³/mol. The molecule has 0 radical (unpaired) electrons. The lowest BCUT2D eigenvalue weighted by Crippen LogP contribution is -2.13. The van der Waals surface area contributed by atoms with E-state index in [1.165, 1.54) is 28.1 Å². The van der Waals surface area contributed by atoms with Gasteiger partial charge in [-0.05, 0) is 192 Å². The number of hydrogen-bond donors (Lipinski definition) is 0. The summed E-state index contributed by atoms with van der Waals surface area (Å²) in [7, 11) is 0.